The standard InChI is InChI=1S/C12H16O5/c1-15-6-3-7-17-10-5-4-9(12(13)14)8-11(10)16-2/h4-5,8H,3,6-7H2,1-2H3,(H,13,14). The van der Waals surface area contributed by atoms with Gasteiger partial charge in [0.2, 0.25) is 0 Å². The van der Waals surface area contributed by atoms with Crippen molar-refractivity contribution in [1.82, 2.24) is 0 Å². The van der Waals surface area contributed by atoms with Gasteiger partial charge in [-0.15, -0.1) is 0 Å². The summed E-state index contributed by atoms with van der Waals surface area (Å²) in [5.74, 6) is -0.0369. The Morgan fingerprint density at radius 1 is 1.24 bits per heavy atom. The molecule has 1 rings (SSSR count). The zero-order valence-corrected chi connectivity index (χ0v) is 9.93. The quantitative estimate of drug-likeness (QED) is 0.736. The van der Waals surface area contributed by atoms with Gasteiger partial charge in [0.25, 0.3) is 0 Å². The molecule has 0 aliphatic rings. The molecule has 94 valence electrons. The van der Waals surface area contributed by atoms with Gasteiger partial charge in [0.05, 0.1) is 19.3 Å². The molecule has 0 aliphatic carbocycles. The lowest BCUT2D eigenvalue weighted by Crippen LogP contribution is -2.04. The molecule has 0 amide bonds. The number of carbonyl (C=O) groups is 1. The van der Waals surface area contributed by atoms with Crippen LogP contribution in [0.2, 0.25) is 0 Å². The molecule has 0 bridgehead atoms. The van der Waals surface area contributed by atoms with Crippen molar-refractivity contribution in [3.8, 4) is 11.5 Å². The number of hydrogen-bond acceptors (Lipinski definition) is 4. The van der Waals surface area contributed by atoms with Gasteiger partial charge in [-0.05, 0) is 18.2 Å². The summed E-state index contributed by atoms with van der Waals surface area (Å²) in [4.78, 5) is 10.8. The van der Waals surface area contributed by atoms with Crippen LogP contribution in [-0.4, -0.2) is 38.5 Å². The Morgan fingerprint density at radius 2 is 2.00 bits per heavy atom. The number of rotatable bonds is 7. The molecular formula is C12H16O5. The second-order valence-corrected chi connectivity index (χ2v) is 3.37. The lowest BCUT2D eigenvalue weighted by atomic mass is 10.2. The summed E-state index contributed by atoms with van der Waals surface area (Å²) in [6.45, 7) is 1.12. The monoisotopic (exact) mass is 240 g/mol. The van der Waals surface area contributed by atoms with Gasteiger partial charge in [0.1, 0.15) is 0 Å². The maximum Gasteiger partial charge on any atom is 0.335 e. The van der Waals surface area contributed by atoms with E-state index >= 15 is 0 Å². The number of hydrogen-bond donors (Lipinski definition) is 1. The highest BCUT2D eigenvalue weighted by molar-refractivity contribution is 5.88. The third kappa shape index (κ3) is 3.96. The van der Waals surface area contributed by atoms with Gasteiger partial charge in [0, 0.05) is 20.1 Å². The molecular weight excluding hydrogens is 224 g/mol. The second-order valence-electron chi connectivity index (χ2n) is 3.37. The highest BCUT2D eigenvalue weighted by atomic mass is 16.5. The van der Waals surface area contributed by atoms with Crippen LogP contribution < -0.4 is 9.47 Å². The summed E-state index contributed by atoms with van der Waals surface area (Å²) in [6.07, 6.45) is 0.764. The summed E-state index contributed by atoms with van der Waals surface area (Å²) in [7, 11) is 3.10. The molecule has 0 aliphatic heterocycles. The second kappa shape index (κ2) is 6.75. The first-order chi connectivity index (χ1) is 8.19. The summed E-state index contributed by atoms with van der Waals surface area (Å²) in [5.41, 5.74) is 0.172. The number of benzene rings is 1. The first-order valence-electron chi connectivity index (χ1n) is 5.22. The average molecular weight is 240 g/mol. The van der Waals surface area contributed by atoms with Crippen molar-refractivity contribution in [3.63, 3.8) is 0 Å². The van der Waals surface area contributed by atoms with E-state index in [1.165, 1.54) is 19.2 Å². The molecule has 0 atom stereocenters. The molecule has 5 heteroatoms. The van der Waals surface area contributed by atoms with Crippen LogP contribution in [0, 0.1) is 0 Å². The van der Waals surface area contributed by atoms with E-state index in [9.17, 15) is 4.79 Å². The minimum absolute atomic E-state index is 0.172. The highest BCUT2D eigenvalue weighted by Crippen LogP contribution is 2.28. The van der Waals surface area contributed by atoms with Crippen molar-refractivity contribution in [2.24, 2.45) is 0 Å². The normalized spacial score (nSPS) is 10.0. The van der Waals surface area contributed by atoms with Crippen molar-refractivity contribution >= 4 is 5.97 Å². The van der Waals surface area contributed by atoms with Crippen molar-refractivity contribution in [3.05, 3.63) is 23.8 Å². The summed E-state index contributed by atoms with van der Waals surface area (Å²) in [6, 6.07) is 4.51. The lowest BCUT2D eigenvalue weighted by molar-refractivity contribution is 0.0696. The van der Waals surface area contributed by atoms with Crippen LogP contribution in [0.25, 0.3) is 0 Å². The average Bonchev–Trinajstić information content (AvgIpc) is 2.34. The van der Waals surface area contributed by atoms with Gasteiger partial charge in [0.15, 0.2) is 11.5 Å². The highest BCUT2D eigenvalue weighted by Gasteiger charge is 2.09. The van der Waals surface area contributed by atoms with E-state index < -0.39 is 5.97 Å². The van der Waals surface area contributed by atoms with E-state index in [-0.39, 0.29) is 5.56 Å². The molecule has 0 heterocycles. The predicted molar refractivity (Wildman–Crippen MR) is 61.9 cm³/mol. The van der Waals surface area contributed by atoms with Gasteiger partial charge < -0.3 is 19.3 Å². The van der Waals surface area contributed by atoms with E-state index in [1.54, 1.807) is 13.2 Å². The minimum atomic E-state index is -0.991. The first-order valence-corrected chi connectivity index (χ1v) is 5.22. The lowest BCUT2D eigenvalue weighted by Gasteiger charge is -2.10. The molecule has 1 aromatic rings. The van der Waals surface area contributed by atoms with Crippen molar-refractivity contribution in [2.75, 3.05) is 27.4 Å². The maximum atomic E-state index is 10.8. The summed E-state index contributed by atoms with van der Waals surface area (Å²) >= 11 is 0. The maximum absolute atomic E-state index is 10.8. The van der Waals surface area contributed by atoms with Crippen LogP contribution in [0.15, 0.2) is 18.2 Å². The minimum Gasteiger partial charge on any atom is -0.493 e. The number of ether oxygens (including phenoxy) is 3. The number of carboxylic acids is 1. The molecule has 0 radical (unpaired) electrons. The van der Waals surface area contributed by atoms with E-state index in [4.69, 9.17) is 19.3 Å². The van der Waals surface area contributed by atoms with Crippen molar-refractivity contribution < 1.29 is 24.1 Å². The fourth-order valence-electron chi connectivity index (χ4n) is 1.31. The Balaban J connectivity index is 2.68. The summed E-state index contributed by atoms with van der Waals surface area (Å²) < 4.78 is 15.4. The van der Waals surface area contributed by atoms with Gasteiger partial charge in [-0.2, -0.15) is 0 Å². The number of methoxy groups -OCH3 is 2. The summed E-state index contributed by atoms with van der Waals surface area (Å²) in [5, 5.41) is 8.83. The molecule has 1 aromatic carbocycles. The molecule has 0 saturated heterocycles. The van der Waals surface area contributed by atoms with Gasteiger partial charge in [-0.25, -0.2) is 4.79 Å². The van der Waals surface area contributed by atoms with Crippen LogP contribution in [0.1, 0.15) is 16.8 Å². The fraction of sp³-hybridized carbons (Fsp3) is 0.417. The van der Waals surface area contributed by atoms with E-state index in [0.717, 1.165) is 6.42 Å². The Morgan fingerprint density at radius 3 is 2.59 bits per heavy atom. The van der Waals surface area contributed by atoms with Crippen molar-refractivity contribution in [1.29, 1.82) is 0 Å². The predicted octanol–water partition coefficient (Wildman–Crippen LogP) is 1.81. The SMILES string of the molecule is COCCCOc1ccc(C(=O)O)cc1OC. The van der Waals surface area contributed by atoms with Crippen LogP contribution in [-0.2, 0) is 4.74 Å². The number of aromatic carboxylic acids is 1. The number of carboxylic acid groups (broad SMARTS) is 1. The first kappa shape index (κ1) is 13.3. The molecule has 5 nitrogen and oxygen atoms in total. The topological polar surface area (TPSA) is 65.0 Å². The third-order valence-corrected chi connectivity index (χ3v) is 2.16. The zero-order chi connectivity index (χ0) is 12.7. The van der Waals surface area contributed by atoms with E-state index in [2.05, 4.69) is 0 Å². The van der Waals surface area contributed by atoms with Gasteiger partial charge in [-0.3, -0.25) is 0 Å². The fourth-order valence-corrected chi connectivity index (χ4v) is 1.31. The molecule has 0 fully saturated rings. The molecule has 1 N–H and O–H groups in total. The van der Waals surface area contributed by atoms with Crippen LogP contribution in [0.3, 0.4) is 0 Å². The van der Waals surface area contributed by atoms with Crippen LogP contribution in [0.5, 0.6) is 11.5 Å². The third-order valence-electron chi connectivity index (χ3n) is 2.16. The largest absolute Gasteiger partial charge is 0.493 e. The molecule has 0 aromatic heterocycles. The van der Waals surface area contributed by atoms with Gasteiger partial charge in [-0.1, -0.05) is 0 Å². The molecule has 0 spiro atoms. The Labute approximate surface area is 99.9 Å². The van der Waals surface area contributed by atoms with Gasteiger partial charge >= 0.3 is 5.97 Å². The van der Waals surface area contributed by atoms with E-state index in [0.29, 0.717) is 24.7 Å². The van der Waals surface area contributed by atoms with Crippen LogP contribution >= 0.6 is 0 Å². The molecule has 0 unspecified atom stereocenters. The smallest absolute Gasteiger partial charge is 0.335 e. The Kier molecular flexibility index (Phi) is 5.29. The Bertz CT molecular complexity index is 375. The Hall–Kier alpha value is -1.75. The molecule has 17 heavy (non-hydrogen) atoms. The van der Waals surface area contributed by atoms with Crippen molar-refractivity contribution in [2.45, 2.75) is 6.42 Å². The van der Waals surface area contributed by atoms with E-state index in [1.807, 2.05) is 0 Å². The molecule has 0 saturated carbocycles. The van der Waals surface area contributed by atoms with Crippen LogP contribution in [0.4, 0.5) is 0 Å². The zero-order valence-electron chi connectivity index (χ0n) is 9.93.